The molecule has 0 amide bonds. The van der Waals surface area contributed by atoms with Gasteiger partial charge in [0.2, 0.25) is 5.95 Å². The fraction of sp³-hybridized carbons (Fsp3) is 0.769. The molecular weight excluding hydrogens is 214 g/mol. The lowest BCUT2D eigenvalue weighted by Gasteiger charge is -2.15. The summed E-state index contributed by atoms with van der Waals surface area (Å²) in [5.74, 6) is 1.87. The first-order chi connectivity index (χ1) is 8.29. The van der Waals surface area contributed by atoms with E-state index in [0.717, 1.165) is 31.4 Å². The second-order valence-electron chi connectivity index (χ2n) is 5.05. The molecule has 2 atom stereocenters. The van der Waals surface area contributed by atoms with Gasteiger partial charge in [-0.05, 0) is 31.6 Å². The van der Waals surface area contributed by atoms with E-state index in [-0.39, 0.29) is 0 Å². The first-order valence-electron chi connectivity index (χ1n) is 6.56. The maximum atomic E-state index is 5.07. The molecule has 1 aromatic rings. The van der Waals surface area contributed by atoms with E-state index in [1.165, 1.54) is 19.3 Å². The summed E-state index contributed by atoms with van der Waals surface area (Å²) in [5.41, 5.74) is 0. The number of hydrogen-bond donors (Lipinski definition) is 1. The number of rotatable bonds is 6. The van der Waals surface area contributed by atoms with Gasteiger partial charge in [-0.25, -0.2) is 4.98 Å². The van der Waals surface area contributed by atoms with Crippen molar-refractivity contribution in [2.24, 2.45) is 5.92 Å². The SMILES string of the molecule is COCCCn1ccnc1NC1CCC(C)C1. The predicted molar refractivity (Wildman–Crippen MR) is 69.1 cm³/mol. The molecule has 17 heavy (non-hydrogen) atoms. The van der Waals surface area contributed by atoms with Crippen molar-refractivity contribution < 1.29 is 4.74 Å². The van der Waals surface area contributed by atoms with E-state index in [4.69, 9.17) is 4.74 Å². The van der Waals surface area contributed by atoms with Crippen molar-refractivity contribution >= 4 is 5.95 Å². The van der Waals surface area contributed by atoms with Crippen LogP contribution in [0, 0.1) is 5.92 Å². The van der Waals surface area contributed by atoms with Gasteiger partial charge >= 0.3 is 0 Å². The Kier molecular flexibility index (Phi) is 4.42. The Labute approximate surface area is 103 Å². The molecule has 0 aromatic carbocycles. The maximum Gasteiger partial charge on any atom is 0.202 e. The zero-order valence-corrected chi connectivity index (χ0v) is 10.9. The second kappa shape index (κ2) is 6.05. The van der Waals surface area contributed by atoms with E-state index in [1.54, 1.807) is 7.11 Å². The van der Waals surface area contributed by atoms with Crippen molar-refractivity contribution in [3.63, 3.8) is 0 Å². The van der Waals surface area contributed by atoms with Gasteiger partial charge in [0.15, 0.2) is 0 Å². The van der Waals surface area contributed by atoms with Gasteiger partial charge in [0.1, 0.15) is 0 Å². The minimum Gasteiger partial charge on any atom is -0.385 e. The molecule has 0 saturated heterocycles. The Balaban J connectivity index is 1.85. The summed E-state index contributed by atoms with van der Waals surface area (Å²) in [5, 5.41) is 3.56. The van der Waals surface area contributed by atoms with Crippen LogP contribution in [0.1, 0.15) is 32.6 Å². The summed E-state index contributed by atoms with van der Waals surface area (Å²) < 4.78 is 7.26. The van der Waals surface area contributed by atoms with Gasteiger partial charge in [-0.15, -0.1) is 0 Å². The summed E-state index contributed by atoms with van der Waals surface area (Å²) in [4.78, 5) is 4.39. The van der Waals surface area contributed by atoms with Crippen molar-refractivity contribution in [1.82, 2.24) is 9.55 Å². The van der Waals surface area contributed by atoms with Crippen LogP contribution in [-0.4, -0.2) is 29.3 Å². The number of methoxy groups -OCH3 is 1. The van der Waals surface area contributed by atoms with E-state index < -0.39 is 0 Å². The highest BCUT2D eigenvalue weighted by Crippen LogP contribution is 2.27. The first kappa shape index (κ1) is 12.4. The molecule has 96 valence electrons. The Hall–Kier alpha value is -1.03. The predicted octanol–water partition coefficient (Wildman–Crippen LogP) is 2.52. The van der Waals surface area contributed by atoms with Gasteiger partial charge in [0.05, 0.1) is 0 Å². The molecule has 1 saturated carbocycles. The molecule has 1 heterocycles. The molecule has 2 rings (SSSR count). The largest absolute Gasteiger partial charge is 0.385 e. The first-order valence-corrected chi connectivity index (χ1v) is 6.56. The van der Waals surface area contributed by atoms with Crippen molar-refractivity contribution in [1.29, 1.82) is 0 Å². The van der Waals surface area contributed by atoms with Crippen LogP contribution >= 0.6 is 0 Å². The molecular formula is C13H23N3O. The number of aromatic nitrogens is 2. The average Bonchev–Trinajstić information content (AvgIpc) is 2.90. The summed E-state index contributed by atoms with van der Waals surface area (Å²) in [6, 6.07) is 0.605. The van der Waals surface area contributed by atoms with Crippen LogP contribution in [-0.2, 0) is 11.3 Å². The van der Waals surface area contributed by atoms with Crippen LogP contribution in [0.3, 0.4) is 0 Å². The third kappa shape index (κ3) is 3.46. The van der Waals surface area contributed by atoms with Gasteiger partial charge in [0, 0.05) is 38.7 Å². The highest BCUT2D eigenvalue weighted by molar-refractivity contribution is 5.28. The number of hydrogen-bond acceptors (Lipinski definition) is 3. The lowest BCUT2D eigenvalue weighted by Crippen LogP contribution is -2.19. The normalized spacial score (nSPS) is 24.1. The Morgan fingerprint density at radius 1 is 1.53 bits per heavy atom. The van der Waals surface area contributed by atoms with E-state index in [2.05, 4.69) is 21.8 Å². The number of nitrogens with one attached hydrogen (secondary N) is 1. The molecule has 1 aromatic heterocycles. The Morgan fingerprint density at radius 2 is 2.41 bits per heavy atom. The molecule has 4 heteroatoms. The van der Waals surface area contributed by atoms with E-state index >= 15 is 0 Å². The fourth-order valence-electron chi connectivity index (χ4n) is 2.53. The summed E-state index contributed by atoms with van der Waals surface area (Å²) in [6.07, 6.45) is 8.81. The van der Waals surface area contributed by atoms with Crippen molar-refractivity contribution in [3.8, 4) is 0 Å². The molecule has 2 unspecified atom stereocenters. The molecule has 0 radical (unpaired) electrons. The maximum absolute atomic E-state index is 5.07. The Morgan fingerprint density at radius 3 is 3.12 bits per heavy atom. The summed E-state index contributed by atoms with van der Waals surface area (Å²) in [6.45, 7) is 4.10. The lowest BCUT2D eigenvalue weighted by atomic mass is 10.1. The van der Waals surface area contributed by atoms with Crippen LogP contribution in [0.2, 0.25) is 0 Å². The molecule has 0 bridgehead atoms. The second-order valence-corrected chi connectivity index (χ2v) is 5.05. The van der Waals surface area contributed by atoms with Crippen LogP contribution in [0.15, 0.2) is 12.4 Å². The number of ether oxygens (including phenoxy) is 1. The monoisotopic (exact) mass is 237 g/mol. The minimum absolute atomic E-state index is 0.605. The van der Waals surface area contributed by atoms with Gasteiger partial charge in [-0.2, -0.15) is 0 Å². The average molecular weight is 237 g/mol. The molecule has 1 aliphatic rings. The third-order valence-corrected chi connectivity index (χ3v) is 3.49. The van der Waals surface area contributed by atoms with Crippen LogP contribution in [0.4, 0.5) is 5.95 Å². The van der Waals surface area contributed by atoms with E-state index in [1.807, 2.05) is 12.4 Å². The van der Waals surface area contributed by atoms with Crippen molar-refractivity contribution in [3.05, 3.63) is 12.4 Å². The van der Waals surface area contributed by atoms with Gasteiger partial charge < -0.3 is 14.6 Å². The molecule has 0 aliphatic heterocycles. The van der Waals surface area contributed by atoms with Gasteiger partial charge in [0.25, 0.3) is 0 Å². The molecule has 4 nitrogen and oxygen atoms in total. The van der Waals surface area contributed by atoms with Crippen LogP contribution in [0.5, 0.6) is 0 Å². The number of imidazole rings is 1. The zero-order valence-electron chi connectivity index (χ0n) is 10.9. The highest BCUT2D eigenvalue weighted by Gasteiger charge is 2.22. The van der Waals surface area contributed by atoms with Gasteiger partial charge in [-0.1, -0.05) is 6.92 Å². The van der Waals surface area contributed by atoms with Crippen LogP contribution < -0.4 is 5.32 Å². The summed E-state index contributed by atoms with van der Waals surface area (Å²) in [7, 11) is 1.74. The molecule has 1 aliphatic carbocycles. The minimum atomic E-state index is 0.605. The van der Waals surface area contributed by atoms with Crippen LogP contribution in [0.25, 0.3) is 0 Å². The quantitative estimate of drug-likeness (QED) is 0.773. The summed E-state index contributed by atoms with van der Waals surface area (Å²) >= 11 is 0. The topological polar surface area (TPSA) is 39.1 Å². The van der Waals surface area contributed by atoms with E-state index in [9.17, 15) is 0 Å². The lowest BCUT2D eigenvalue weighted by molar-refractivity contribution is 0.190. The zero-order chi connectivity index (χ0) is 12.1. The Bertz CT molecular complexity index is 337. The van der Waals surface area contributed by atoms with Crippen molar-refractivity contribution in [2.75, 3.05) is 19.0 Å². The molecule has 1 fully saturated rings. The van der Waals surface area contributed by atoms with E-state index in [0.29, 0.717) is 6.04 Å². The van der Waals surface area contributed by atoms with Crippen molar-refractivity contribution in [2.45, 2.75) is 45.2 Å². The number of anilines is 1. The fourth-order valence-corrected chi connectivity index (χ4v) is 2.53. The highest BCUT2D eigenvalue weighted by atomic mass is 16.5. The molecule has 1 N–H and O–H groups in total. The van der Waals surface area contributed by atoms with Gasteiger partial charge in [-0.3, -0.25) is 0 Å². The third-order valence-electron chi connectivity index (χ3n) is 3.49. The smallest absolute Gasteiger partial charge is 0.202 e. The number of aryl methyl sites for hydroxylation is 1. The molecule has 0 spiro atoms. The number of nitrogens with zero attached hydrogens (tertiary/aromatic N) is 2. The standard InChI is InChI=1S/C13H23N3O/c1-11-4-5-12(10-11)15-13-14-6-8-16(13)7-3-9-17-2/h6,8,11-12H,3-5,7,9-10H2,1-2H3,(H,14,15).